The maximum Gasteiger partial charge on any atom is 0.230 e. The van der Waals surface area contributed by atoms with Crippen LogP contribution in [0.5, 0.6) is 5.75 Å². The Bertz CT molecular complexity index is 661. The summed E-state index contributed by atoms with van der Waals surface area (Å²) in [6, 6.07) is 0.924. The molecule has 0 aliphatic heterocycles. The number of hydrogen-bond donors (Lipinski definition) is 2. The molecule has 0 spiro atoms. The molecular formula is C14H17FN4O2. The van der Waals surface area contributed by atoms with E-state index in [0.717, 1.165) is 12.3 Å². The van der Waals surface area contributed by atoms with Crippen LogP contribution >= 0.6 is 0 Å². The van der Waals surface area contributed by atoms with E-state index in [-0.39, 0.29) is 23.4 Å². The second-order valence-electron chi connectivity index (χ2n) is 5.69. The summed E-state index contributed by atoms with van der Waals surface area (Å²) in [7, 11) is 0. The van der Waals surface area contributed by atoms with E-state index in [1.165, 1.54) is 6.20 Å². The molecule has 0 atom stereocenters. The van der Waals surface area contributed by atoms with Crippen molar-refractivity contribution in [1.82, 2.24) is 14.8 Å². The fourth-order valence-electron chi connectivity index (χ4n) is 1.70. The first-order chi connectivity index (χ1) is 9.75. The number of pyridine rings is 1. The summed E-state index contributed by atoms with van der Waals surface area (Å²) in [5.74, 6) is -1.39. The maximum atomic E-state index is 13.5. The number of anilines is 1. The van der Waals surface area contributed by atoms with Gasteiger partial charge >= 0.3 is 0 Å². The Morgan fingerprint density at radius 2 is 2.14 bits per heavy atom. The quantitative estimate of drug-likeness (QED) is 0.907. The summed E-state index contributed by atoms with van der Waals surface area (Å²) in [5, 5.41) is 15.9. The van der Waals surface area contributed by atoms with Gasteiger partial charge in [0.1, 0.15) is 11.6 Å². The van der Waals surface area contributed by atoms with Crippen molar-refractivity contribution in [3.63, 3.8) is 0 Å². The number of nitrogens with zero attached hydrogens (tertiary/aromatic N) is 3. The average molecular weight is 292 g/mol. The first kappa shape index (κ1) is 15.0. The zero-order valence-electron chi connectivity index (χ0n) is 12.1. The molecule has 112 valence electrons. The van der Waals surface area contributed by atoms with E-state index in [4.69, 9.17) is 5.11 Å². The molecule has 2 N–H and O–H groups in total. The topological polar surface area (TPSA) is 80.0 Å². The van der Waals surface area contributed by atoms with E-state index in [0.29, 0.717) is 5.69 Å². The zero-order valence-corrected chi connectivity index (χ0v) is 12.1. The summed E-state index contributed by atoms with van der Waals surface area (Å²) in [6.07, 6.45) is 4.12. The summed E-state index contributed by atoms with van der Waals surface area (Å²) < 4.78 is 15.2. The third kappa shape index (κ3) is 3.77. The summed E-state index contributed by atoms with van der Waals surface area (Å²) in [5.41, 5.74) is 0.329. The number of rotatable bonds is 3. The lowest BCUT2D eigenvalue weighted by atomic mass is 10.1. The summed E-state index contributed by atoms with van der Waals surface area (Å²) in [4.78, 5) is 15.6. The highest BCUT2D eigenvalue weighted by Crippen LogP contribution is 2.16. The van der Waals surface area contributed by atoms with Gasteiger partial charge in [0.2, 0.25) is 5.91 Å². The van der Waals surface area contributed by atoms with Gasteiger partial charge in [0, 0.05) is 12.3 Å². The molecule has 0 aliphatic carbocycles. The Hall–Kier alpha value is -2.44. The largest absolute Gasteiger partial charge is 0.506 e. The molecule has 2 rings (SSSR count). The second kappa shape index (κ2) is 5.51. The van der Waals surface area contributed by atoms with Crippen molar-refractivity contribution in [2.45, 2.75) is 32.7 Å². The van der Waals surface area contributed by atoms with Crippen LogP contribution in [0.1, 0.15) is 26.5 Å². The molecule has 2 heterocycles. The molecule has 0 fully saturated rings. The number of amides is 1. The van der Waals surface area contributed by atoms with E-state index < -0.39 is 11.7 Å². The predicted molar refractivity (Wildman–Crippen MR) is 75.4 cm³/mol. The molecule has 0 unspecified atom stereocenters. The first-order valence-corrected chi connectivity index (χ1v) is 6.44. The number of carbonyl (C=O) groups is 1. The highest BCUT2D eigenvalue weighted by molar-refractivity contribution is 5.91. The van der Waals surface area contributed by atoms with Gasteiger partial charge in [-0.2, -0.15) is 5.10 Å². The normalized spacial score (nSPS) is 11.4. The average Bonchev–Trinajstić information content (AvgIpc) is 2.81. The van der Waals surface area contributed by atoms with Crippen LogP contribution < -0.4 is 5.32 Å². The number of nitrogens with one attached hydrogen (secondary N) is 1. The van der Waals surface area contributed by atoms with Crippen LogP contribution in [-0.2, 0) is 16.8 Å². The number of hydrogen-bond acceptors (Lipinski definition) is 4. The van der Waals surface area contributed by atoms with Crippen molar-refractivity contribution in [3.05, 3.63) is 36.2 Å². The van der Waals surface area contributed by atoms with Crippen LogP contribution in [0.3, 0.4) is 0 Å². The number of halogens is 1. The molecule has 7 heteroatoms. The number of aromatic nitrogens is 3. The van der Waals surface area contributed by atoms with Gasteiger partial charge in [0.15, 0.2) is 0 Å². The van der Waals surface area contributed by atoms with Gasteiger partial charge in [-0.1, -0.05) is 0 Å². The Morgan fingerprint density at radius 1 is 1.43 bits per heavy atom. The van der Waals surface area contributed by atoms with Crippen LogP contribution in [0.15, 0.2) is 24.7 Å². The fraction of sp³-hybridized carbons (Fsp3) is 0.357. The van der Waals surface area contributed by atoms with E-state index in [1.807, 2.05) is 20.8 Å². The Kier molecular flexibility index (Phi) is 3.93. The zero-order chi connectivity index (χ0) is 15.6. The monoisotopic (exact) mass is 292 g/mol. The Balaban J connectivity index is 2.03. The second-order valence-corrected chi connectivity index (χ2v) is 5.69. The summed E-state index contributed by atoms with van der Waals surface area (Å²) in [6.45, 7) is 5.96. The van der Waals surface area contributed by atoms with Crippen LogP contribution in [0.2, 0.25) is 0 Å². The van der Waals surface area contributed by atoms with E-state index in [9.17, 15) is 9.18 Å². The highest BCUT2D eigenvalue weighted by atomic mass is 19.1. The lowest BCUT2D eigenvalue weighted by Gasteiger charge is -2.18. The van der Waals surface area contributed by atoms with E-state index >= 15 is 0 Å². The molecule has 2 aromatic rings. The Morgan fingerprint density at radius 3 is 2.71 bits per heavy atom. The van der Waals surface area contributed by atoms with Gasteiger partial charge in [0.05, 0.1) is 35.7 Å². The molecule has 0 saturated heterocycles. The minimum absolute atomic E-state index is 0.0199. The molecule has 2 aromatic heterocycles. The minimum atomic E-state index is -0.712. The van der Waals surface area contributed by atoms with Crippen molar-refractivity contribution in [3.8, 4) is 5.75 Å². The third-order valence-electron chi connectivity index (χ3n) is 2.78. The van der Waals surface area contributed by atoms with Crippen molar-refractivity contribution in [1.29, 1.82) is 0 Å². The van der Waals surface area contributed by atoms with Crippen LogP contribution in [0.25, 0.3) is 0 Å². The number of carbonyl (C=O) groups excluding carboxylic acids is 1. The SMILES string of the molecule is CC(C)(C)n1cc(NC(=O)Cc2ncc(O)cc2F)cn1. The van der Waals surface area contributed by atoms with Crippen LogP contribution in [-0.4, -0.2) is 25.8 Å². The summed E-state index contributed by atoms with van der Waals surface area (Å²) >= 11 is 0. The van der Waals surface area contributed by atoms with Gasteiger partial charge < -0.3 is 10.4 Å². The van der Waals surface area contributed by atoms with Crippen LogP contribution in [0.4, 0.5) is 10.1 Å². The van der Waals surface area contributed by atoms with Crippen LogP contribution in [0, 0.1) is 5.82 Å². The molecule has 21 heavy (non-hydrogen) atoms. The molecule has 1 amide bonds. The van der Waals surface area contributed by atoms with Crippen molar-refractivity contribution >= 4 is 11.6 Å². The fourth-order valence-corrected chi connectivity index (χ4v) is 1.70. The smallest absolute Gasteiger partial charge is 0.230 e. The van der Waals surface area contributed by atoms with Gasteiger partial charge in [0.25, 0.3) is 0 Å². The maximum absolute atomic E-state index is 13.5. The standard InChI is InChI=1S/C14H17FN4O2/c1-14(2,3)19-8-9(6-17-19)18-13(21)5-12-11(15)4-10(20)7-16-12/h4,6-8,20H,5H2,1-3H3,(H,18,21). The number of aromatic hydroxyl groups is 1. The van der Waals surface area contributed by atoms with Gasteiger partial charge in [-0.25, -0.2) is 4.39 Å². The third-order valence-corrected chi connectivity index (χ3v) is 2.78. The Labute approximate surface area is 121 Å². The van der Waals surface area contributed by atoms with E-state index in [2.05, 4.69) is 15.4 Å². The molecule has 0 bridgehead atoms. The van der Waals surface area contributed by atoms with Crippen molar-refractivity contribution in [2.75, 3.05) is 5.32 Å². The molecule has 0 radical (unpaired) electrons. The highest BCUT2D eigenvalue weighted by Gasteiger charge is 2.16. The van der Waals surface area contributed by atoms with E-state index in [1.54, 1.807) is 10.9 Å². The molecule has 6 nitrogen and oxygen atoms in total. The van der Waals surface area contributed by atoms with Gasteiger partial charge in [-0.15, -0.1) is 0 Å². The lowest BCUT2D eigenvalue weighted by Crippen LogP contribution is -2.22. The van der Waals surface area contributed by atoms with Crippen molar-refractivity contribution in [2.24, 2.45) is 0 Å². The molecule has 0 aliphatic rings. The van der Waals surface area contributed by atoms with Gasteiger partial charge in [-0.3, -0.25) is 14.5 Å². The molecule has 0 aromatic carbocycles. The lowest BCUT2D eigenvalue weighted by molar-refractivity contribution is -0.115. The van der Waals surface area contributed by atoms with Crippen molar-refractivity contribution < 1.29 is 14.3 Å². The first-order valence-electron chi connectivity index (χ1n) is 6.44. The molecule has 0 saturated carbocycles. The predicted octanol–water partition coefficient (Wildman–Crippen LogP) is 2.06. The molecular weight excluding hydrogens is 275 g/mol. The van der Waals surface area contributed by atoms with Gasteiger partial charge in [-0.05, 0) is 20.8 Å². The minimum Gasteiger partial charge on any atom is -0.506 e.